The zero-order valence-corrected chi connectivity index (χ0v) is 36.2. The van der Waals surface area contributed by atoms with Crippen LogP contribution in [0.2, 0.25) is 0 Å². The molecule has 1 aromatic carbocycles. The molecule has 3 aromatic rings. The Bertz CT molecular complexity index is 1380. The van der Waals surface area contributed by atoms with Gasteiger partial charge in [0.15, 0.2) is 0 Å². The van der Waals surface area contributed by atoms with Crippen LogP contribution in [-0.4, -0.2) is 0 Å². The summed E-state index contributed by atoms with van der Waals surface area (Å²) in [7, 11) is 0. The van der Waals surface area contributed by atoms with E-state index in [9.17, 15) is 0 Å². The Hall–Kier alpha value is -1.52. The molecule has 0 atom stereocenters. The maximum Gasteiger partial charge on any atom is 0.135 e. The average Bonchev–Trinajstić information content (AvgIpc) is 3.79. The summed E-state index contributed by atoms with van der Waals surface area (Å²) < 4.78 is 30.6. The number of thiophene rings is 2. The second kappa shape index (κ2) is 24.9. The zero-order valence-electron chi connectivity index (χ0n) is 34.6. The summed E-state index contributed by atoms with van der Waals surface area (Å²) in [6.07, 6.45) is 40.7. The Kier molecular flexibility index (Phi) is 20.7. The Balaban J connectivity index is 1.31. The van der Waals surface area contributed by atoms with Crippen molar-refractivity contribution in [1.82, 2.24) is 0 Å². The van der Waals surface area contributed by atoms with Crippen molar-refractivity contribution in [2.45, 2.75) is 226 Å². The van der Waals surface area contributed by atoms with Crippen LogP contribution in [-0.2, 0) is 5.41 Å². The molecule has 1 aliphatic carbocycles. The third-order valence-electron chi connectivity index (χ3n) is 12.2. The molecular weight excluding hydrogens is 691 g/mol. The van der Waals surface area contributed by atoms with E-state index in [-0.39, 0.29) is 11.0 Å². The number of hydrogen-bond donors (Lipinski definition) is 0. The van der Waals surface area contributed by atoms with Gasteiger partial charge in [0.25, 0.3) is 0 Å². The van der Waals surface area contributed by atoms with E-state index in [2.05, 4.69) is 32.9 Å². The minimum absolute atomic E-state index is 0.0317. The predicted molar refractivity (Wildman–Crippen MR) is 233 cm³/mol. The first kappa shape index (κ1) is 44.2. The Morgan fingerprint density at radius 3 is 1.17 bits per heavy atom. The van der Waals surface area contributed by atoms with Crippen LogP contribution in [0.15, 0.2) is 24.3 Å². The van der Waals surface area contributed by atoms with Gasteiger partial charge in [0.1, 0.15) is 11.6 Å². The van der Waals surface area contributed by atoms with E-state index in [1.54, 1.807) is 18.3 Å². The first-order chi connectivity index (χ1) is 25.9. The Labute approximate surface area is 333 Å². The fourth-order valence-electron chi connectivity index (χ4n) is 9.06. The van der Waals surface area contributed by atoms with Crippen molar-refractivity contribution in [2.75, 3.05) is 0 Å². The lowest BCUT2D eigenvalue weighted by Crippen LogP contribution is -2.25. The van der Waals surface area contributed by atoms with Gasteiger partial charge in [-0.1, -0.05) is 194 Å². The van der Waals surface area contributed by atoms with Gasteiger partial charge in [-0.2, -0.15) is 0 Å². The molecule has 4 heteroatoms. The fourth-order valence-corrected chi connectivity index (χ4v) is 11.6. The summed E-state index contributed by atoms with van der Waals surface area (Å²) in [6, 6.07) is 7.64. The third-order valence-corrected chi connectivity index (χ3v) is 14.5. The fraction of sp³-hybridized carbons (Fsp3) is 0.714. The molecule has 298 valence electrons. The smallest absolute Gasteiger partial charge is 0.135 e. The van der Waals surface area contributed by atoms with Crippen molar-refractivity contribution in [2.24, 2.45) is 0 Å². The van der Waals surface area contributed by atoms with Gasteiger partial charge in [0, 0.05) is 24.9 Å². The van der Waals surface area contributed by atoms with Crippen molar-refractivity contribution in [3.05, 3.63) is 57.5 Å². The summed E-state index contributed by atoms with van der Waals surface area (Å²) in [5.41, 5.74) is 3.64. The maximum absolute atomic E-state index is 15.3. The highest BCUT2D eigenvalue weighted by molar-refractivity contribution is 7.24. The molecule has 0 radical (unpaired) electrons. The van der Waals surface area contributed by atoms with E-state index in [0.29, 0.717) is 5.56 Å². The number of fused-ring (bicyclic) bond motifs is 3. The van der Waals surface area contributed by atoms with E-state index < -0.39 is 11.6 Å². The summed E-state index contributed by atoms with van der Waals surface area (Å²) in [5.74, 6) is -0.871. The number of unbranched alkanes of at least 4 members (excludes halogenated alkanes) is 26. The van der Waals surface area contributed by atoms with E-state index in [4.69, 9.17) is 0 Å². The van der Waals surface area contributed by atoms with Crippen molar-refractivity contribution < 1.29 is 8.78 Å². The number of hydrogen-bond acceptors (Lipinski definition) is 2. The average molecular weight is 767 g/mol. The molecule has 0 nitrogen and oxygen atoms in total. The molecule has 0 aliphatic heterocycles. The van der Waals surface area contributed by atoms with Crippen LogP contribution < -0.4 is 0 Å². The number of benzene rings is 1. The van der Waals surface area contributed by atoms with Crippen LogP contribution >= 0.6 is 22.7 Å². The van der Waals surface area contributed by atoms with Crippen molar-refractivity contribution in [1.29, 1.82) is 0 Å². The van der Waals surface area contributed by atoms with Gasteiger partial charge in [-0.3, -0.25) is 0 Å². The van der Waals surface area contributed by atoms with E-state index >= 15 is 8.78 Å². The minimum Gasteiger partial charge on any atom is -0.206 e. The Morgan fingerprint density at radius 1 is 0.434 bits per heavy atom. The van der Waals surface area contributed by atoms with Gasteiger partial charge in [-0.15, -0.1) is 22.7 Å². The molecule has 0 saturated heterocycles. The number of aryl methyl sites for hydroxylation is 2. The molecule has 2 heterocycles. The van der Waals surface area contributed by atoms with Crippen LogP contribution in [0.5, 0.6) is 0 Å². The van der Waals surface area contributed by atoms with Crippen molar-refractivity contribution in [3.63, 3.8) is 0 Å². The highest BCUT2D eigenvalue weighted by atomic mass is 32.1. The lowest BCUT2D eigenvalue weighted by molar-refractivity contribution is 0.397. The molecule has 0 N–H and O–H groups in total. The van der Waals surface area contributed by atoms with Crippen LogP contribution in [0.25, 0.3) is 20.2 Å². The monoisotopic (exact) mass is 767 g/mol. The molecule has 1 aliphatic rings. The number of halogens is 2. The summed E-state index contributed by atoms with van der Waals surface area (Å²) in [6.45, 7) is 8.59. The molecule has 53 heavy (non-hydrogen) atoms. The van der Waals surface area contributed by atoms with E-state index in [1.807, 2.05) is 11.3 Å². The van der Waals surface area contributed by atoms with E-state index in [1.165, 1.54) is 218 Å². The highest BCUT2D eigenvalue weighted by Crippen LogP contribution is 2.60. The normalized spacial score (nSPS) is 13.2. The van der Waals surface area contributed by atoms with Gasteiger partial charge in [0.2, 0.25) is 0 Å². The third kappa shape index (κ3) is 13.9. The molecule has 0 saturated carbocycles. The molecule has 0 unspecified atom stereocenters. The van der Waals surface area contributed by atoms with Crippen molar-refractivity contribution in [3.8, 4) is 20.2 Å². The second-order valence-electron chi connectivity index (χ2n) is 16.8. The van der Waals surface area contributed by atoms with Gasteiger partial charge < -0.3 is 0 Å². The van der Waals surface area contributed by atoms with Crippen LogP contribution in [0.4, 0.5) is 8.78 Å². The lowest BCUT2D eigenvalue weighted by Gasteiger charge is -2.31. The topological polar surface area (TPSA) is 0 Å². The highest BCUT2D eigenvalue weighted by Gasteiger charge is 2.45. The second-order valence-corrected chi connectivity index (χ2v) is 19.1. The van der Waals surface area contributed by atoms with Gasteiger partial charge in [-0.05, 0) is 67.6 Å². The standard InChI is InChI=1S/C49H76F2S2/c1-5-7-9-11-13-15-17-19-21-23-25-27-29-31-33-49(34-32-30-28-26-24-22-20-18-16-14-12-10-8-6-2)41-37-40(4)52-47(41)48-42(49)38-45(53-48)46-43(50)35-39(3)36-44(46)51/h35-38H,5-34H2,1-4H3. The van der Waals surface area contributed by atoms with Crippen LogP contribution in [0, 0.1) is 25.5 Å². The van der Waals surface area contributed by atoms with Gasteiger partial charge in [-0.25, -0.2) is 8.78 Å². The SMILES string of the molecule is CCCCCCCCCCCCCCCCC1(CCCCCCCCCCCCCCCC)c2cc(C)sc2-c2sc(-c3c(F)cc(C)cc3F)cc21. The zero-order chi connectivity index (χ0) is 37.7. The Morgan fingerprint density at radius 2 is 0.774 bits per heavy atom. The van der Waals surface area contributed by atoms with Crippen molar-refractivity contribution >= 4 is 22.7 Å². The molecule has 0 spiro atoms. The quantitative estimate of drug-likeness (QED) is 0.0572. The first-order valence-corrected chi connectivity index (χ1v) is 24.3. The summed E-state index contributed by atoms with van der Waals surface area (Å²) >= 11 is 3.51. The molecule has 0 bridgehead atoms. The molecule has 0 fully saturated rings. The van der Waals surface area contributed by atoms with E-state index in [0.717, 1.165) is 17.7 Å². The molecule has 0 amide bonds. The first-order valence-electron chi connectivity index (χ1n) is 22.6. The predicted octanol–water partition coefficient (Wildman–Crippen LogP) is 18.4. The number of rotatable bonds is 31. The molecule has 4 rings (SSSR count). The van der Waals surface area contributed by atoms with Gasteiger partial charge >= 0.3 is 0 Å². The largest absolute Gasteiger partial charge is 0.206 e. The van der Waals surface area contributed by atoms with Crippen LogP contribution in [0.1, 0.15) is 228 Å². The lowest BCUT2D eigenvalue weighted by atomic mass is 9.71. The van der Waals surface area contributed by atoms with Gasteiger partial charge in [0.05, 0.1) is 5.56 Å². The molecular formula is C49H76F2S2. The minimum atomic E-state index is -0.436. The molecule has 2 aromatic heterocycles. The summed E-state index contributed by atoms with van der Waals surface area (Å²) in [4.78, 5) is 4.77. The van der Waals surface area contributed by atoms with Crippen LogP contribution in [0.3, 0.4) is 0 Å². The summed E-state index contributed by atoms with van der Waals surface area (Å²) in [5, 5.41) is 0. The maximum atomic E-state index is 15.3.